The van der Waals surface area contributed by atoms with E-state index in [0.717, 1.165) is 5.56 Å². The maximum atomic E-state index is 12.4. The maximum Gasteiger partial charge on any atom is 0.326 e. The summed E-state index contributed by atoms with van der Waals surface area (Å²) in [5.74, 6) is -3.04. The molecule has 2 rings (SSSR count). The fourth-order valence-corrected chi connectivity index (χ4v) is 3.28. The van der Waals surface area contributed by atoms with E-state index < -0.39 is 23.9 Å². The average Bonchev–Trinajstić information content (AvgIpc) is 2.75. The van der Waals surface area contributed by atoms with E-state index in [-0.39, 0.29) is 41.8 Å². The third-order valence-corrected chi connectivity index (χ3v) is 5.04. The maximum absolute atomic E-state index is 12.4. The molecule has 33 heavy (non-hydrogen) atoms. The van der Waals surface area contributed by atoms with E-state index in [9.17, 15) is 24.3 Å². The predicted octanol–water partition coefficient (Wildman–Crippen LogP) is 0.693. The van der Waals surface area contributed by atoms with Crippen LogP contribution in [0.4, 0.5) is 11.8 Å². The lowest BCUT2D eigenvalue weighted by atomic mass is 10.00. The summed E-state index contributed by atoms with van der Waals surface area (Å²) < 4.78 is 5.52. The van der Waals surface area contributed by atoms with Crippen molar-refractivity contribution in [1.82, 2.24) is 15.3 Å². The van der Waals surface area contributed by atoms with Gasteiger partial charge in [-0.15, -0.1) is 0 Å². The SMILES string of the molecule is CO[C@H](CCCc1c(N)nc(N)[nH]c1=O)c1ccc(C(=O)N[C@@H](CCC(=O)O)C(=O)O)cc1. The summed E-state index contributed by atoms with van der Waals surface area (Å²) in [5, 5.41) is 20.2. The second-order valence-electron chi connectivity index (χ2n) is 7.35. The molecule has 1 amide bonds. The lowest BCUT2D eigenvalue weighted by Crippen LogP contribution is -2.41. The van der Waals surface area contributed by atoms with Crippen LogP contribution in [0.5, 0.6) is 0 Å². The Morgan fingerprint density at radius 1 is 1.15 bits per heavy atom. The van der Waals surface area contributed by atoms with E-state index in [0.29, 0.717) is 24.8 Å². The Morgan fingerprint density at radius 3 is 2.36 bits per heavy atom. The molecule has 0 fully saturated rings. The van der Waals surface area contributed by atoms with E-state index in [1.807, 2.05) is 0 Å². The van der Waals surface area contributed by atoms with Crippen molar-refractivity contribution >= 4 is 29.6 Å². The molecule has 1 heterocycles. The number of carbonyl (C=O) groups excluding carboxylic acids is 1. The Labute approximate surface area is 189 Å². The van der Waals surface area contributed by atoms with Gasteiger partial charge in [-0.05, 0) is 43.4 Å². The Balaban J connectivity index is 1.99. The van der Waals surface area contributed by atoms with Crippen molar-refractivity contribution in [2.24, 2.45) is 0 Å². The lowest BCUT2D eigenvalue weighted by Gasteiger charge is -2.17. The summed E-state index contributed by atoms with van der Waals surface area (Å²) >= 11 is 0. The van der Waals surface area contributed by atoms with Crippen LogP contribution >= 0.6 is 0 Å². The van der Waals surface area contributed by atoms with E-state index in [4.69, 9.17) is 21.3 Å². The van der Waals surface area contributed by atoms with Crippen LogP contribution in [0.2, 0.25) is 0 Å². The summed E-state index contributed by atoms with van der Waals surface area (Å²) in [6.07, 6.45) is 0.589. The van der Waals surface area contributed by atoms with Crippen molar-refractivity contribution in [3.63, 3.8) is 0 Å². The van der Waals surface area contributed by atoms with Crippen LogP contribution in [-0.2, 0) is 20.7 Å². The van der Waals surface area contributed by atoms with Gasteiger partial charge in [0.25, 0.3) is 11.5 Å². The number of hydrogen-bond donors (Lipinski definition) is 6. The molecular weight excluding hydrogens is 434 g/mol. The topological polar surface area (TPSA) is 211 Å². The van der Waals surface area contributed by atoms with Crippen molar-refractivity contribution in [3.05, 3.63) is 51.3 Å². The zero-order valence-corrected chi connectivity index (χ0v) is 18.0. The smallest absolute Gasteiger partial charge is 0.326 e. The van der Waals surface area contributed by atoms with Crippen LogP contribution < -0.4 is 22.3 Å². The fourth-order valence-electron chi connectivity index (χ4n) is 3.28. The van der Waals surface area contributed by atoms with Gasteiger partial charge < -0.3 is 31.7 Å². The molecule has 0 saturated carbocycles. The van der Waals surface area contributed by atoms with E-state index >= 15 is 0 Å². The first-order chi connectivity index (χ1) is 15.6. The lowest BCUT2D eigenvalue weighted by molar-refractivity contribution is -0.140. The molecule has 0 aliphatic rings. The molecule has 1 aromatic carbocycles. The summed E-state index contributed by atoms with van der Waals surface area (Å²) in [4.78, 5) is 52.5. The fraction of sp³-hybridized carbons (Fsp3) is 0.381. The van der Waals surface area contributed by atoms with Gasteiger partial charge in [-0.1, -0.05) is 12.1 Å². The standard InChI is InChI=1S/C21H27N5O7/c1-33-15(4-2-3-13-17(22)25-21(23)26-19(13)30)11-5-7-12(8-6-11)18(29)24-14(20(31)32)9-10-16(27)28/h5-8,14-15H,2-4,9-10H2,1H3,(H,24,29)(H,27,28)(H,31,32)(H5,22,23,25,26,30)/t14-,15+/m0/s1. The van der Waals surface area contributed by atoms with Gasteiger partial charge in [0.05, 0.1) is 11.7 Å². The molecule has 1 aromatic heterocycles. The number of methoxy groups -OCH3 is 1. The number of carboxylic acid groups (broad SMARTS) is 2. The summed E-state index contributed by atoms with van der Waals surface area (Å²) in [7, 11) is 1.54. The van der Waals surface area contributed by atoms with Crippen LogP contribution in [0.1, 0.15) is 53.3 Å². The van der Waals surface area contributed by atoms with E-state index in [2.05, 4.69) is 15.3 Å². The first kappa shape index (κ1) is 25.3. The number of anilines is 2. The highest BCUT2D eigenvalue weighted by Gasteiger charge is 2.22. The normalized spacial score (nSPS) is 12.6. The van der Waals surface area contributed by atoms with Gasteiger partial charge in [-0.2, -0.15) is 4.98 Å². The highest BCUT2D eigenvalue weighted by atomic mass is 16.5. The number of ether oxygens (including phenoxy) is 1. The second kappa shape index (κ2) is 11.6. The Morgan fingerprint density at radius 2 is 1.82 bits per heavy atom. The zero-order valence-electron chi connectivity index (χ0n) is 18.0. The van der Waals surface area contributed by atoms with E-state index in [1.165, 1.54) is 19.2 Å². The third kappa shape index (κ3) is 7.31. The highest BCUT2D eigenvalue weighted by molar-refractivity contribution is 5.96. The zero-order chi connectivity index (χ0) is 24.5. The third-order valence-electron chi connectivity index (χ3n) is 5.04. The van der Waals surface area contributed by atoms with E-state index in [1.54, 1.807) is 12.1 Å². The number of nitrogens with two attached hydrogens (primary N) is 2. The molecule has 2 atom stereocenters. The number of aromatic nitrogens is 2. The molecule has 12 nitrogen and oxygen atoms in total. The minimum Gasteiger partial charge on any atom is -0.481 e. The van der Waals surface area contributed by atoms with Gasteiger partial charge in [0.2, 0.25) is 5.95 Å². The van der Waals surface area contributed by atoms with Crippen molar-refractivity contribution in [3.8, 4) is 0 Å². The minimum atomic E-state index is -1.31. The number of rotatable bonds is 12. The molecule has 8 N–H and O–H groups in total. The van der Waals surface area contributed by atoms with Crippen LogP contribution in [0.15, 0.2) is 29.1 Å². The van der Waals surface area contributed by atoms with Gasteiger partial charge in [0.15, 0.2) is 0 Å². The number of benzene rings is 1. The number of carboxylic acids is 2. The first-order valence-corrected chi connectivity index (χ1v) is 10.1. The summed E-state index contributed by atoms with van der Waals surface area (Å²) in [6, 6.07) is 5.11. The predicted molar refractivity (Wildman–Crippen MR) is 119 cm³/mol. The number of nitrogen functional groups attached to an aromatic ring is 2. The Kier molecular flexibility index (Phi) is 8.92. The molecule has 178 valence electrons. The molecule has 0 aliphatic heterocycles. The van der Waals surface area contributed by atoms with Crippen molar-refractivity contribution in [1.29, 1.82) is 0 Å². The molecule has 0 bridgehead atoms. The number of hydrogen-bond acceptors (Lipinski definition) is 8. The van der Waals surface area contributed by atoms with Crippen molar-refractivity contribution < 1.29 is 29.3 Å². The second-order valence-corrected chi connectivity index (χ2v) is 7.35. The van der Waals surface area contributed by atoms with Gasteiger partial charge in [-0.3, -0.25) is 19.4 Å². The van der Waals surface area contributed by atoms with Gasteiger partial charge >= 0.3 is 11.9 Å². The first-order valence-electron chi connectivity index (χ1n) is 10.1. The molecule has 12 heteroatoms. The van der Waals surface area contributed by atoms with Gasteiger partial charge in [0.1, 0.15) is 11.9 Å². The molecule has 0 spiro atoms. The van der Waals surface area contributed by atoms with Crippen LogP contribution in [-0.4, -0.2) is 51.2 Å². The van der Waals surface area contributed by atoms with Crippen LogP contribution in [0.25, 0.3) is 0 Å². The number of H-pyrrole nitrogens is 1. The molecule has 0 saturated heterocycles. The van der Waals surface area contributed by atoms with Crippen LogP contribution in [0.3, 0.4) is 0 Å². The molecule has 0 radical (unpaired) electrons. The van der Waals surface area contributed by atoms with Crippen molar-refractivity contribution in [2.45, 2.75) is 44.2 Å². The summed E-state index contributed by atoms with van der Waals surface area (Å²) in [6.45, 7) is 0. The molecule has 0 aliphatic carbocycles. The number of carbonyl (C=O) groups is 3. The quantitative estimate of drug-likeness (QED) is 0.260. The Hall–Kier alpha value is -3.93. The van der Waals surface area contributed by atoms with Crippen molar-refractivity contribution in [2.75, 3.05) is 18.6 Å². The number of nitrogens with one attached hydrogen (secondary N) is 2. The van der Waals surface area contributed by atoms with Gasteiger partial charge in [0, 0.05) is 19.1 Å². The molecular formula is C21H27N5O7. The number of amides is 1. The molecule has 0 unspecified atom stereocenters. The number of nitrogens with zero attached hydrogens (tertiary/aromatic N) is 1. The van der Waals surface area contributed by atoms with Gasteiger partial charge in [-0.25, -0.2) is 4.79 Å². The highest BCUT2D eigenvalue weighted by Crippen LogP contribution is 2.24. The van der Waals surface area contributed by atoms with Crippen LogP contribution in [0, 0.1) is 0 Å². The summed E-state index contributed by atoms with van der Waals surface area (Å²) in [5.41, 5.74) is 12.2. The Bertz CT molecular complexity index is 1050. The molecule has 2 aromatic rings. The minimum absolute atomic E-state index is 0.0447. The number of aliphatic carboxylic acids is 2. The monoisotopic (exact) mass is 461 g/mol. The number of aromatic amines is 1. The largest absolute Gasteiger partial charge is 0.481 e. The average molecular weight is 461 g/mol.